The number of nitrogens with one attached hydrogen (secondary N) is 1. The minimum absolute atomic E-state index is 0.155. The van der Waals surface area contributed by atoms with E-state index in [9.17, 15) is 5.11 Å². The van der Waals surface area contributed by atoms with Crippen LogP contribution in [0.2, 0.25) is 0 Å². The van der Waals surface area contributed by atoms with Crippen LogP contribution in [0.4, 0.5) is 0 Å². The van der Waals surface area contributed by atoms with Crippen molar-refractivity contribution in [2.75, 3.05) is 72.0 Å². The van der Waals surface area contributed by atoms with E-state index < -0.39 is 0 Å². The van der Waals surface area contributed by atoms with Crippen molar-refractivity contribution in [3.63, 3.8) is 0 Å². The van der Waals surface area contributed by atoms with Gasteiger partial charge in [-0.3, -0.25) is 14.7 Å². The van der Waals surface area contributed by atoms with Gasteiger partial charge in [0, 0.05) is 58.9 Å². The predicted molar refractivity (Wildman–Crippen MR) is 173 cm³/mol. The SMILES string of the molecule is CCCCCCCCCCNCCN1CCN(CCN(CCCC)CC(O)CCCCCCCCCC)CC1. The van der Waals surface area contributed by atoms with Crippen molar-refractivity contribution in [1.82, 2.24) is 20.0 Å². The maximum Gasteiger partial charge on any atom is 0.0667 e. The molecule has 0 aromatic heterocycles. The van der Waals surface area contributed by atoms with Crippen LogP contribution in [0, 0.1) is 0 Å². The van der Waals surface area contributed by atoms with E-state index in [0.717, 1.165) is 39.1 Å². The molecule has 1 aliphatic rings. The number of hydrogen-bond acceptors (Lipinski definition) is 5. The second-order valence-electron chi connectivity index (χ2n) is 12.5. The summed E-state index contributed by atoms with van der Waals surface area (Å²) >= 11 is 0. The summed E-state index contributed by atoms with van der Waals surface area (Å²) in [6, 6.07) is 0. The number of hydrogen-bond donors (Lipinski definition) is 2. The zero-order valence-corrected chi connectivity index (χ0v) is 27.1. The van der Waals surface area contributed by atoms with Crippen molar-refractivity contribution < 1.29 is 5.11 Å². The Bertz CT molecular complexity index is 484. The molecule has 1 saturated heterocycles. The lowest BCUT2D eigenvalue weighted by Gasteiger charge is -2.36. The second kappa shape index (κ2) is 27.9. The van der Waals surface area contributed by atoms with E-state index in [2.05, 4.69) is 40.8 Å². The van der Waals surface area contributed by atoms with E-state index in [-0.39, 0.29) is 6.10 Å². The lowest BCUT2D eigenvalue weighted by molar-refractivity contribution is 0.0830. The molecule has 1 atom stereocenters. The molecule has 0 aromatic carbocycles. The Morgan fingerprint density at radius 1 is 0.564 bits per heavy atom. The molecule has 2 N–H and O–H groups in total. The molecule has 1 fully saturated rings. The van der Waals surface area contributed by atoms with Gasteiger partial charge in [-0.2, -0.15) is 0 Å². The molecule has 0 radical (unpaired) electrons. The third kappa shape index (κ3) is 23.1. The van der Waals surface area contributed by atoms with Crippen LogP contribution in [0.5, 0.6) is 0 Å². The molecule has 0 bridgehead atoms. The second-order valence-corrected chi connectivity index (χ2v) is 12.5. The molecule has 5 heteroatoms. The average Bonchev–Trinajstić information content (AvgIpc) is 2.95. The Balaban J connectivity index is 2.06. The van der Waals surface area contributed by atoms with Crippen LogP contribution in [-0.4, -0.2) is 97.9 Å². The average molecular weight is 553 g/mol. The molecule has 1 unspecified atom stereocenters. The number of unbranched alkanes of at least 4 members (excludes halogenated alkanes) is 15. The molecule has 234 valence electrons. The summed E-state index contributed by atoms with van der Waals surface area (Å²) in [6.07, 6.45) is 25.2. The van der Waals surface area contributed by atoms with Crippen molar-refractivity contribution in [3.8, 4) is 0 Å². The number of aliphatic hydroxyl groups excluding tert-OH is 1. The summed E-state index contributed by atoms with van der Waals surface area (Å²) in [5, 5.41) is 14.4. The van der Waals surface area contributed by atoms with Crippen molar-refractivity contribution in [2.24, 2.45) is 0 Å². The molecule has 1 heterocycles. The van der Waals surface area contributed by atoms with Crippen molar-refractivity contribution in [1.29, 1.82) is 0 Å². The maximum atomic E-state index is 10.7. The summed E-state index contributed by atoms with van der Waals surface area (Å²) in [4.78, 5) is 7.83. The third-order valence-electron chi connectivity index (χ3n) is 8.70. The number of piperazine rings is 1. The summed E-state index contributed by atoms with van der Waals surface area (Å²) < 4.78 is 0. The number of rotatable bonds is 29. The van der Waals surface area contributed by atoms with E-state index in [1.807, 2.05) is 0 Å². The largest absolute Gasteiger partial charge is 0.392 e. The first-order valence-electron chi connectivity index (χ1n) is 17.7. The molecule has 39 heavy (non-hydrogen) atoms. The van der Waals surface area contributed by atoms with Gasteiger partial charge in [0.15, 0.2) is 0 Å². The van der Waals surface area contributed by atoms with Gasteiger partial charge in [0.2, 0.25) is 0 Å². The molecule has 0 aliphatic carbocycles. The summed E-state index contributed by atoms with van der Waals surface area (Å²) in [7, 11) is 0. The summed E-state index contributed by atoms with van der Waals surface area (Å²) in [6.45, 7) is 19.4. The molecule has 0 saturated carbocycles. The standard InChI is InChI=1S/C34H72N4O/c1-4-7-10-12-14-16-18-20-22-34(39)33-38(25-9-6-3)32-31-37-29-27-36(28-30-37)26-24-35-23-21-19-17-15-13-11-8-5-2/h34-35,39H,4-33H2,1-3H3. The van der Waals surface area contributed by atoms with Crippen LogP contribution < -0.4 is 5.32 Å². The molecule has 0 spiro atoms. The van der Waals surface area contributed by atoms with Gasteiger partial charge in [-0.1, -0.05) is 124 Å². The normalized spacial score (nSPS) is 15.9. The van der Waals surface area contributed by atoms with Crippen LogP contribution in [-0.2, 0) is 0 Å². The smallest absolute Gasteiger partial charge is 0.0667 e. The fraction of sp³-hybridized carbons (Fsp3) is 1.00. The quantitative estimate of drug-likeness (QED) is 0.0951. The Morgan fingerprint density at radius 2 is 1.05 bits per heavy atom. The molecular weight excluding hydrogens is 480 g/mol. The lowest BCUT2D eigenvalue weighted by atomic mass is 10.1. The van der Waals surface area contributed by atoms with E-state index in [1.54, 1.807) is 0 Å². The molecule has 1 rings (SSSR count). The molecule has 1 aliphatic heterocycles. The minimum atomic E-state index is -0.155. The van der Waals surface area contributed by atoms with Crippen LogP contribution in [0.15, 0.2) is 0 Å². The van der Waals surface area contributed by atoms with E-state index in [0.29, 0.717) is 0 Å². The van der Waals surface area contributed by atoms with Gasteiger partial charge < -0.3 is 10.4 Å². The zero-order chi connectivity index (χ0) is 28.2. The van der Waals surface area contributed by atoms with E-state index >= 15 is 0 Å². The fourth-order valence-corrected chi connectivity index (χ4v) is 5.84. The highest BCUT2D eigenvalue weighted by atomic mass is 16.3. The monoisotopic (exact) mass is 553 g/mol. The van der Waals surface area contributed by atoms with Crippen LogP contribution in [0.25, 0.3) is 0 Å². The predicted octanol–water partition coefficient (Wildman–Crippen LogP) is 7.33. The third-order valence-corrected chi connectivity index (χ3v) is 8.70. The first kappa shape index (κ1) is 36.8. The van der Waals surface area contributed by atoms with Crippen molar-refractivity contribution >= 4 is 0 Å². The van der Waals surface area contributed by atoms with Crippen molar-refractivity contribution in [3.05, 3.63) is 0 Å². The minimum Gasteiger partial charge on any atom is -0.392 e. The molecule has 5 nitrogen and oxygen atoms in total. The lowest BCUT2D eigenvalue weighted by Crippen LogP contribution is -2.50. The van der Waals surface area contributed by atoms with Gasteiger partial charge in [-0.25, -0.2) is 0 Å². The van der Waals surface area contributed by atoms with Crippen LogP contribution >= 0.6 is 0 Å². The first-order chi connectivity index (χ1) is 19.2. The Labute approximate surface area is 245 Å². The Morgan fingerprint density at radius 3 is 1.62 bits per heavy atom. The fourth-order valence-electron chi connectivity index (χ4n) is 5.84. The van der Waals surface area contributed by atoms with Gasteiger partial charge in [0.1, 0.15) is 0 Å². The van der Waals surface area contributed by atoms with Gasteiger partial charge in [0.25, 0.3) is 0 Å². The van der Waals surface area contributed by atoms with Crippen LogP contribution in [0.3, 0.4) is 0 Å². The topological polar surface area (TPSA) is 42.0 Å². The van der Waals surface area contributed by atoms with Gasteiger partial charge in [0.05, 0.1) is 6.10 Å². The van der Waals surface area contributed by atoms with Gasteiger partial charge in [-0.05, 0) is 32.4 Å². The highest BCUT2D eigenvalue weighted by molar-refractivity contribution is 4.75. The Kier molecular flexibility index (Phi) is 26.4. The molecule has 0 amide bonds. The maximum absolute atomic E-state index is 10.7. The highest BCUT2D eigenvalue weighted by Gasteiger charge is 2.18. The number of aliphatic hydroxyl groups is 1. The highest BCUT2D eigenvalue weighted by Crippen LogP contribution is 2.12. The van der Waals surface area contributed by atoms with Gasteiger partial charge in [-0.15, -0.1) is 0 Å². The number of nitrogens with zero attached hydrogens (tertiary/aromatic N) is 3. The van der Waals surface area contributed by atoms with Crippen molar-refractivity contribution in [2.45, 2.75) is 149 Å². The Hall–Kier alpha value is -0.200. The molecule has 0 aromatic rings. The van der Waals surface area contributed by atoms with Gasteiger partial charge >= 0.3 is 0 Å². The van der Waals surface area contributed by atoms with E-state index in [4.69, 9.17) is 0 Å². The van der Waals surface area contributed by atoms with E-state index in [1.165, 1.54) is 155 Å². The molecular formula is C34H72N4O. The van der Waals surface area contributed by atoms with Crippen LogP contribution in [0.1, 0.15) is 143 Å². The summed E-state index contributed by atoms with van der Waals surface area (Å²) in [5.74, 6) is 0. The zero-order valence-electron chi connectivity index (χ0n) is 27.1. The summed E-state index contributed by atoms with van der Waals surface area (Å²) in [5.41, 5.74) is 0. The first-order valence-corrected chi connectivity index (χ1v) is 17.7.